The van der Waals surface area contributed by atoms with E-state index in [1.807, 2.05) is 31.4 Å². The first-order valence-corrected chi connectivity index (χ1v) is 6.72. The van der Waals surface area contributed by atoms with Crippen molar-refractivity contribution in [1.29, 1.82) is 0 Å². The molecule has 2 aromatic rings. The lowest BCUT2D eigenvalue weighted by Crippen LogP contribution is -2.15. The van der Waals surface area contributed by atoms with Crippen molar-refractivity contribution in [1.82, 2.24) is 4.57 Å². The fraction of sp³-hybridized carbons (Fsp3) is 0.250. The van der Waals surface area contributed by atoms with Crippen molar-refractivity contribution < 1.29 is 14.7 Å². The van der Waals surface area contributed by atoms with E-state index in [0.29, 0.717) is 17.8 Å². The van der Waals surface area contributed by atoms with Crippen LogP contribution in [0.1, 0.15) is 23.0 Å². The van der Waals surface area contributed by atoms with Gasteiger partial charge in [0.2, 0.25) is 0 Å². The minimum Gasteiger partial charge on any atom is -0.481 e. The second-order valence-electron chi connectivity index (χ2n) is 5.10. The lowest BCUT2D eigenvalue weighted by atomic mass is 10.0. The van der Waals surface area contributed by atoms with Gasteiger partial charge < -0.3 is 15.0 Å². The zero-order valence-electron chi connectivity index (χ0n) is 12.0. The van der Waals surface area contributed by atoms with E-state index in [1.54, 1.807) is 29.7 Å². The first-order chi connectivity index (χ1) is 9.97. The van der Waals surface area contributed by atoms with Gasteiger partial charge in [0.25, 0.3) is 5.91 Å². The van der Waals surface area contributed by atoms with Crippen molar-refractivity contribution in [2.45, 2.75) is 13.3 Å². The highest BCUT2D eigenvalue weighted by Gasteiger charge is 2.12. The Morgan fingerprint density at radius 3 is 2.43 bits per heavy atom. The van der Waals surface area contributed by atoms with Crippen molar-refractivity contribution >= 4 is 17.6 Å². The van der Waals surface area contributed by atoms with Gasteiger partial charge in [0, 0.05) is 18.9 Å². The molecule has 0 bridgehead atoms. The first kappa shape index (κ1) is 14.8. The molecule has 1 aromatic heterocycles. The SMILES string of the molecule is CC(Cc1ccc(NC(=O)c2cccn2C)cc1)C(=O)O. The number of benzene rings is 1. The van der Waals surface area contributed by atoms with E-state index in [0.717, 1.165) is 5.56 Å². The van der Waals surface area contributed by atoms with Crippen LogP contribution in [0.2, 0.25) is 0 Å². The van der Waals surface area contributed by atoms with Crippen LogP contribution in [0.25, 0.3) is 0 Å². The van der Waals surface area contributed by atoms with Gasteiger partial charge in [0.1, 0.15) is 5.69 Å². The molecule has 5 nitrogen and oxygen atoms in total. The molecule has 0 radical (unpaired) electrons. The van der Waals surface area contributed by atoms with Gasteiger partial charge in [0.05, 0.1) is 5.92 Å². The molecule has 1 amide bonds. The summed E-state index contributed by atoms with van der Waals surface area (Å²) in [6.07, 6.45) is 2.28. The van der Waals surface area contributed by atoms with Crippen molar-refractivity contribution in [3.8, 4) is 0 Å². The number of aryl methyl sites for hydroxylation is 1. The van der Waals surface area contributed by atoms with Crippen LogP contribution in [0.3, 0.4) is 0 Å². The monoisotopic (exact) mass is 286 g/mol. The van der Waals surface area contributed by atoms with E-state index in [9.17, 15) is 9.59 Å². The van der Waals surface area contributed by atoms with E-state index < -0.39 is 11.9 Å². The number of aromatic nitrogens is 1. The molecule has 110 valence electrons. The van der Waals surface area contributed by atoms with Crippen LogP contribution in [0, 0.1) is 5.92 Å². The average molecular weight is 286 g/mol. The molecular formula is C16H18N2O3. The number of nitrogens with one attached hydrogen (secondary N) is 1. The Hall–Kier alpha value is -2.56. The zero-order chi connectivity index (χ0) is 15.4. The maximum absolute atomic E-state index is 12.0. The highest BCUT2D eigenvalue weighted by Crippen LogP contribution is 2.14. The molecule has 2 N–H and O–H groups in total. The minimum atomic E-state index is -0.809. The normalized spacial score (nSPS) is 11.9. The summed E-state index contributed by atoms with van der Waals surface area (Å²) in [7, 11) is 1.81. The van der Waals surface area contributed by atoms with Crippen LogP contribution in [0.15, 0.2) is 42.6 Å². The van der Waals surface area contributed by atoms with Gasteiger partial charge in [-0.3, -0.25) is 9.59 Å². The molecule has 0 saturated carbocycles. The summed E-state index contributed by atoms with van der Waals surface area (Å²) >= 11 is 0. The molecule has 1 heterocycles. The summed E-state index contributed by atoms with van der Waals surface area (Å²) in [4.78, 5) is 22.9. The largest absolute Gasteiger partial charge is 0.481 e. The average Bonchev–Trinajstić information content (AvgIpc) is 2.87. The summed E-state index contributed by atoms with van der Waals surface area (Å²) in [5.74, 6) is -1.40. The highest BCUT2D eigenvalue weighted by molar-refractivity contribution is 6.03. The lowest BCUT2D eigenvalue weighted by Gasteiger charge is -2.09. The topological polar surface area (TPSA) is 71.3 Å². The second kappa shape index (κ2) is 6.26. The van der Waals surface area contributed by atoms with Gasteiger partial charge in [-0.2, -0.15) is 0 Å². The number of hydrogen-bond acceptors (Lipinski definition) is 2. The van der Waals surface area contributed by atoms with Crippen LogP contribution in [-0.4, -0.2) is 21.6 Å². The Morgan fingerprint density at radius 1 is 1.24 bits per heavy atom. The van der Waals surface area contributed by atoms with E-state index in [2.05, 4.69) is 5.32 Å². The van der Waals surface area contributed by atoms with Gasteiger partial charge in [-0.25, -0.2) is 0 Å². The van der Waals surface area contributed by atoms with Crippen molar-refractivity contribution in [3.05, 3.63) is 53.9 Å². The van der Waals surface area contributed by atoms with E-state index in [4.69, 9.17) is 5.11 Å². The number of carboxylic acids is 1. The summed E-state index contributed by atoms with van der Waals surface area (Å²) in [6.45, 7) is 1.67. The molecule has 0 aliphatic carbocycles. The second-order valence-corrected chi connectivity index (χ2v) is 5.10. The van der Waals surface area contributed by atoms with Crippen LogP contribution in [0.5, 0.6) is 0 Å². The maximum atomic E-state index is 12.0. The van der Waals surface area contributed by atoms with Crippen LogP contribution < -0.4 is 5.32 Å². The quantitative estimate of drug-likeness (QED) is 0.887. The van der Waals surface area contributed by atoms with Gasteiger partial charge in [-0.05, 0) is 36.2 Å². The van der Waals surface area contributed by atoms with E-state index in [1.165, 1.54) is 0 Å². The van der Waals surface area contributed by atoms with E-state index in [-0.39, 0.29) is 5.91 Å². The highest BCUT2D eigenvalue weighted by atomic mass is 16.4. The number of carbonyl (C=O) groups is 2. The predicted molar refractivity (Wildman–Crippen MR) is 80.3 cm³/mol. The minimum absolute atomic E-state index is 0.172. The van der Waals surface area contributed by atoms with Crippen LogP contribution >= 0.6 is 0 Å². The summed E-state index contributed by atoms with van der Waals surface area (Å²) in [5.41, 5.74) is 2.20. The Morgan fingerprint density at radius 2 is 1.90 bits per heavy atom. The standard InChI is InChI=1S/C16H18N2O3/c1-11(16(20)21)10-12-5-7-13(8-6-12)17-15(19)14-4-3-9-18(14)2/h3-9,11H,10H2,1-2H3,(H,17,19)(H,20,21). The third-order valence-electron chi connectivity index (χ3n) is 3.35. The molecule has 0 aliphatic heterocycles. The van der Waals surface area contributed by atoms with Crippen LogP contribution in [0.4, 0.5) is 5.69 Å². The summed E-state index contributed by atoms with van der Waals surface area (Å²) in [6, 6.07) is 10.8. The Bertz CT molecular complexity index is 644. The smallest absolute Gasteiger partial charge is 0.306 e. The van der Waals surface area contributed by atoms with E-state index >= 15 is 0 Å². The number of nitrogens with zero attached hydrogens (tertiary/aromatic N) is 1. The Kier molecular flexibility index (Phi) is 4.42. The van der Waals surface area contributed by atoms with Crippen molar-refractivity contribution in [2.24, 2.45) is 13.0 Å². The van der Waals surface area contributed by atoms with Gasteiger partial charge in [-0.1, -0.05) is 19.1 Å². The van der Waals surface area contributed by atoms with Crippen molar-refractivity contribution in [3.63, 3.8) is 0 Å². The number of anilines is 1. The molecule has 0 spiro atoms. The molecule has 0 saturated heterocycles. The van der Waals surface area contributed by atoms with Gasteiger partial charge in [0.15, 0.2) is 0 Å². The fourth-order valence-corrected chi connectivity index (χ4v) is 2.06. The Labute approximate surface area is 123 Å². The molecule has 21 heavy (non-hydrogen) atoms. The summed E-state index contributed by atoms with van der Waals surface area (Å²) < 4.78 is 1.75. The zero-order valence-corrected chi connectivity index (χ0v) is 12.0. The number of rotatable bonds is 5. The molecule has 1 unspecified atom stereocenters. The number of aliphatic carboxylic acids is 1. The lowest BCUT2D eigenvalue weighted by molar-refractivity contribution is -0.141. The van der Waals surface area contributed by atoms with Gasteiger partial charge in [-0.15, -0.1) is 0 Å². The number of carbonyl (C=O) groups excluding carboxylic acids is 1. The number of hydrogen-bond donors (Lipinski definition) is 2. The predicted octanol–water partition coefficient (Wildman–Crippen LogP) is 2.54. The molecule has 0 aliphatic rings. The Balaban J connectivity index is 2.01. The molecule has 2 rings (SSSR count). The van der Waals surface area contributed by atoms with Gasteiger partial charge >= 0.3 is 5.97 Å². The summed E-state index contributed by atoms with van der Waals surface area (Å²) in [5, 5.41) is 11.7. The molecule has 1 atom stereocenters. The number of carboxylic acid groups (broad SMARTS) is 1. The molecule has 5 heteroatoms. The maximum Gasteiger partial charge on any atom is 0.306 e. The van der Waals surface area contributed by atoms with Crippen molar-refractivity contribution in [2.75, 3.05) is 5.32 Å². The molecule has 1 aromatic carbocycles. The molecular weight excluding hydrogens is 268 g/mol. The third kappa shape index (κ3) is 3.72. The fourth-order valence-electron chi connectivity index (χ4n) is 2.06. The number of amides is 1. The third-order valence-corrected chi connectivity index (χ3v) is 3.35. The van der Waals surface area contributed by atoms with Crippen LogP contribution in [-0.2, 0) is 18.3 Å². The first-order valence-electron chi connectivity index (χ1n) is 6.72. The molecule has 0 fully saturated rings.